The quantitative estimate of drug-likeness (QED) is 0.908. The van der Waals surface area contributed by atoms with Crippen molar-refractivity contribution in [3.63, 3.8) is 0 Å². The number of nitrogens with one attached hydrogen (secondary N) is 1. The van der Waals surface area contributed by atoms with E-state index in [1.807, 2.05) is 6.07 Å². The third-order valence-electron chi connectivity index (χ3n) is 6.43. The van der Waals surface area contributed by atoms with Gasteiger partial charge in [-0.05, 0) is 39.3 Å². The topological polar surface area (TPSA) is 44.3 Å². The molecule has 3 aliphatic heterocycles. The Morgan fingerprint density at radius 1 is 1.07 bits per heavy atom. The first-order chi connectivity index (χ1) is 13.3. The third-order valence-corrected chi connectivity index (χ3v) is 6.43. The summed E-state index contributed by atoms with van der Waals surface area (Å²) < 4.78 is 0. The van der Waals surface area contributed by atoms with E-state index in [0.29, 0.717) is 6.04 Å². The van der Waals surface area contributed by atoms with Crippen LogP contribution in [0.15, 0.2) is 30.3 Å². The zero-order valence-corrected chi connectivity index (χ0v) is 16.2. The van der Waals surface area contributed by atoms with Crippen LogP contribution in [0.2, 0.25) is 0 Å². The smallest absolute Gasteiger partial charge is 0.161 e. The fourth-order valence-electron chi connectivity index (χ4n) is 4.82. The molecule has 0 bridgehead atoms. The number of fused-ring (bicyclic) bond motifs is 1. The Morgan fingerprint density at radius 3 is 2.74 bits per heavy atom. The second kappa shape index (κ2) is 7.21. The molecule has 2 aromatic rings. The first kappa shape index (κ1) is 17.1. The Morgan fingerprint density at radius 2 is 1.93 bits per heavy atom. The van der Waals surface area contributed by atoms with Gasteiger partial charge in [-0.25, -0.2) is 9.97 Å². The average molecular weight is 364 g/mol. The number of rotatable bonds is 3. The van der Waals surface area contributed by atoms with E-state index >= 15 is 0 Å². The summed E-state index contributed by atoms with van der Waals surface area (Å²) in [5.74, 6) is 2.05. The highest BCUT2D eigenvalue weighted by Crippen LogP contribution is 2.32. The van der Waals surface area contributed by atoms with E-state index in [2.05, 4.69) is 46.3 Å². The molecule has 5 nitrogen and oxygen atoms in total. The van der Waals surface area contributed by atoms with Crippen LogP contribution in [0.5, 0.6) is 0 Å². The highest BCUT2D eigenvalue weighted by molar-refractivity contribution is 5.62. The number of benzene rings is 1. The van der Waals surface area contributed by atoms with Gasteiger partial charge in [0.05, 0.1) is 5.69 Å². The minimum Gasteiger partial charge on any atom is -0.353 e. The van der Waals surface area contributed by atoms with Crippen LogP contribution in [0.25, 0.3) is 11.4 Å². The summed E-state index contributed by atoms with van der Waals surface area (Å²) in [4.78, 5) is 15.2. The second-order valence-electron chi connectivity index (χ2n) is 8.23. The Labute approximate surface area is 161 Å². The van der Waals surface area contributed by atoms with E-state index < -0.39 is 0 Å². The molecule has 5 heteroatoms. The Bertz CT molecular complexity index is 800. The molecule has 0 saturated carbocycles. The van der Waals surface area contributed by atoms with Gasteiger partial charge in [0.2, 0.25) is 0 Å². The molecule has 1 unspecified atom stereocenters. The molecule has 1 N–H and O–H groups in total. The summed E-state index contributed by atoms with van der Waals surface area (Å²) >= 11 is 0. The van der Waals surface area contributed by atoms with Gasteiger partial charge in [0.25, 0.3) is 0 Å². The summed E-state index contributed by atoms with van der Waals surface area (Å²) in [5.41, 5.74) is 3.65. The minimum absolute atomic E-state index is 0.688. The molecule has 4 heterocycles. The van der Waals surface area contributed by atoms with Gasteiger partial charge in [0.1, 0.15) is 5.82 Å². The summed E-state index contributed by atoms with van der Waals surface area (Å²) in [6, 6.07) is 11.8. The molecular weight excluding hydrogens is 334 g/mol. The normalized spacial score (nSPS) is 23.7. The molecule has 1 aromatic carbocycles. The SMILES string of the molecule is CC1CCCCN1C1CN(c2nc(-c3ccccc3)nc3c2CCNC3)C1. The fourth-order valence-corrected chi connectivity index (χ4v) is 4.82. The lowest BCUT2D eigenvalue weighted by Gasteiger charge is -2.50. The zero-order valence-electron chi connectivity index (χ0n) is 16.2. The van der Waals surface area contributed by atoms with Gasteiger partial charge in [-0.1, -0.05) is 36.8 Å². The predicted molar refractivity (Wildman–Crippen MR) is 109 cm³/mol. The number of anilines is 1. The fraction of sp³-hybridized carbons (Fsp3) is 0.545. The van der Waals surface area contributed by atoms with Crippen LogP contribution in [-0.4, -0.2) is 53.1 Å². The van der Waals surface area contributed by atoms with E-state index in [0.717, 1.165) is 50.0 Å². The van der Waals surface area contributed by atoms with Crippen LogP contribution in [0.4, 0.5) is 5.82 Å². The molecular formula is C22H29N5. The second-order valence-corrected chi connectivity index (χ2v) is 8.23. The number of nitrogens with zero attached hydrogens (tertiary/aromatic N) is 4. The van der Waals surface area contributed by atoms with Crippen molar-refractivity contribution in [3.8, 4) is 11.4 Å². The number of aromatic nitrogens is 2. The zero-order chi connectivity index (χ0) is 18.2. The monoisotopic (exact) mass is 363 g/mol. The van der Waals surface area contributed by atoms with Crippen molar-refractivity contribution >= 4 is 5.82 Å². The number of hydrogen-bond acceptors (Lipinski definition) is 5. The average Bonchev–Trinajstić information content (AvgIpc) is 2.69. The van der Waals surface area contributed by atoms with Crippen molar-refractivity contribution in [2.45, 2.75) is 51.2 Å². The van der Waals surface area contributed by atoms with Crippen LogP contribution < -0.4 is 10.2 Å². The summed E-state index contributed by atoms with van der Waals surface area (Å²) in [7, 11) is 0. The molecule has 0 radical (unpaired) electrons. The first-order valence-corrected chi connectivity index (χ1v) is 10.5. The Balaban J connectivity index is 1.42. The minimum atomic E-state index is 0.688. The number of likely N-dealkylation sites (tertiary alicyclic amines) is 1. The van der Waals surface area contributed by atoms with Crippen molar-refractivity contribution in [2.75, 3.05) is 31.1 Å². The van der Waals surface area contributed by atoms with Crippen LogP contribution in [0.3, 0.4) is 0 Å². The van der Waals surface area contributed by atoms with Crippen LogP contribution >= 0.6 is 0 Å². The Kier molecular flexibility index (Phi) is 4.58. The van der Waals surface area contributed by atoms with Crippen molar-refractivity contribution in [1.29, 1.82) is 0 Å². The van der Waals surface area contributed by atoms with Crippen LogP contribution in [0, 0.1) is 0 Å². The molecule has 0 aliphatic carbocycles. The molecule has 142 valence electrons. The first-order valence-electron chi connectivity index (χ1n) is 10.5. The molecule has 2 fully saturated rings. The van der Waals surface area contributed by atoms with Crippen molar-refractivity contribution in [1.82, 2.24) is 20.2 Å². The van der Waals surface area contributed by atoms with Crippen LogP contribution in [0.1, 0.15) is 37.4 Å². The molecule has 1 aromatic heterocycles. The third kappa shape index (κ3) is 3.23. The number of hydrogen-bond donors (Lipinski definition) is 1. The summed E-state index contributed by atoms with van der Waals surface area (Å²) in [6.45, 7) is 7.75. The summed E-state index contributed by atoms with van der Waals surface area (Å²) in [6.07, 6.45) is 5.12. The molecule has 27 heavy (non-hydrogen) atoms. The van der Waals surface area contributed by atoms with Gasteiger partial charge < -0.3 is 10.2 Å². The maximum atomic E-state index is 5.05. The lowest BCUT2D eigenvalue weighted by Crippen LogP contribution is -2.62. The lowest BCUT2D eigenvalue weighted by molar-refractivity contribution is 0.0872. The van der Waals surface area contributed by atoms with E-state index in [-0.39, 0.29) is 0 Å². The number of piperidine rings is 1. The maximum Gasteiger partial charge on any atom is 0.161 e. The van der Waals surface area contributed by atoms with Gasteiger partial charge in [0, 0.05) is 42.8 Å². The molecule has 0 spiro atoms. The van der Waals surface area contributed by atoms with Crippen molar-refractivity contribution in [2.24, 2.45) is 0 Å². The van der Waals surface area contributed by atoms with E-state index in [9.17, 15) is 0 Å². The predicted octanol–water partition coefficient (Wildman–Crippen LogP) is 2.85. The van der Waals surface area contributed by atoms with Gasteiger partial charge >= 0.3 is 0 Å². The largest absolute Gasteiger partial charge is 0.353 e. The van der Waals surface area contributed by atoms with Gasteiger partial charge in [-0.15, -0.1) is 0 Å². The molecule has 1 atom stereocenters. The maximum absolute atomic E-state index is 5.05. The molecule has 3 aliphatic rings. The van der Waals surface area contributed by atoms with Crippen molar-refractivity contribution in [3.05, 3.63) is 41.6 Å². The van der Waals surface area contributed by atoms with Gasteiger partial charge in [-0.3, -0.25) is 4.90 Å². The van der Waals surface area contributed by atoms with E-state index in [1.165, 1.54) is 42.9 Å². The molecule has 2 saturated heterocycles. The molecule has 5 rings (SSSR count). The lowest BCUT2D eigenvalue weighted by atomic mass is 9.96. The van der Waals surface area contributed by atoms with E-state index in [1.54, 1.807) is 0 Å². The standard InChI is InChI=1S/C22H29N5/c1-16-7-5-6-12-27(16)18-14-26(15-18)22-19-10-11-23-13-20(19)24-21(25-22)17-8-3-2-4-9-17/h2-4,8-9,16,18,23H,5-7,10-15H2,1H3. The van der Waals surface area contributed by atoms with Gasteiger partial charge in [-0.2, -0.15) is 0 Å². The highest BCUT2D eigenvalue weighted by atomic mass is 15.3. The van der Waals surface area contributed by atoms with Crippen LogP contribution in [-0.2, 0) is 13.0 Å². The highest BCUT2D eigenvalue weighted by Gasteiger charge is 2.37. The van der Waals surface area contributed by atoms with E-state index in [4.69, 9.17) is 9.97 Å². The summed E-state index contributed by atoms with van der Waals surface area (Å²) in [5, 5.41) is 3.47. The van der Waals surface area contributed by atoms with Gasteiger partial charge in [0.15, 0.2) is 5.82 Å². The molecule has 0 amide bonds. The Hall–Kier alpha value is -1.98. The van der Waals surface area contributed by atoms with Crippen molar-refractivity contribution < 1.29 is 0 Å².